The normalized spacial score (nSPS) is 14.8. The Morgan fingerprint density at radius 2 is 1.89 bits per heavy atom. The molecule has 1 aliphatic rings. The van der Waals surface area contributed by atoms with E-state index < -0.39 is 0 Å². The lowest BCUT2D eigenvalue weighted by Crippen LogP contribution is -2.49. The second kappa shape index (κ2) is 9.32. The van der Waals surface area contributed by atoms with Crippen LogP contribution in [-0.4, -0.2) is 72.1 Å². The van der Waals surface area contributed by atoms with Crippen LogP contribution in [0, 0.1) is 0 Å². The second-order valence-electron chi connectivity index (χ2n) is 6.65. The standard InChI is InChI=1S/C20H27N5O2/c1-3-27-18-6-4-17(5-7-18)15-23(2)20(26)16-24-10-12-25(13-11-24)19-14-21-8-9-22-19/h4-9,14H,3,10-13,15-16H2,1-2H3. The SMILES string of the molecule is CCOc1ccc(CN(C)C(=O)CN2CCN(c3cnccn3)CC2)cc1. The number of benzene rings is 1. The van der Waals surface area contributed by atoms with E-state index in [1.807, 2.05) is 38.2 Å². The third-order valence-corrected chi connectivity index (χ3v) is 4.68. The number of amides is 1. The van der Waals surface area contributed by atoms with E-state index in [1.54, 1.807) is 23.5 Å². The molecule has 2 aromatic rings. The molecule has 1 aromatic heterocycles. The van der Waals surface area contributed by atoms with Crippen molar-refractivity contribution in [2.24, 2.45) is 0 Å². The molecule has 0 unspecified atom stereocenters. The Bertz CT molecular complexity index is 715. The van der Waals surface area contributed by atoms with Gasteiger partial charge in [-0.1, -0.05) is 12.1 Å². The summed E-state index contributed by atoms with van der Waals surface area (Å²) in [4.78, 5) is 27.2. The summed E-state index contributed by atoms with van der Waals surface area (Å²) in [6, 6.07) is 7.91. The summed E-state index contributed by atoms with van der Waals surface area (Å²) in [7, 11) is 1.86. The Balaban J connectivity index is 1.44. The van der Waals surface area contributed by atoms with Gasteiger partial charge in [0.05, 0.1) is 19.3 Å². The third kappa shape index (κ3) is 5.40. The Morgan fingerprint density at radius 3 is 2.52 bits per heavy atom. The largest absolute Gasteiger partial charge is 0.494 e. The van der Waals surface area contributed by atoms with Crippen LogP contribution in [0.1, 0.15) is 12.5 Å². The van der Waals surface area contributed by atoms with Gasteiger partial charge < -0.3 is 14.5 Å². The first-order valence-corrected chi connectivity index (χ1v) is 9.34. The third-order valence-electron chi connectivity index (χ3n) is 4.68. The van der Waals surface area contributed by atoms with Gasteiger partial charge in [-0.05, 0) is 24.6 Å². The highest BCUT2D eigenvalue weighted by atomic mass is 16.5. The molecule has 1 saturated heterocycles. The summed E-state index contributed by atoms with van der Waals surface area (Å²) >= 11 is 0. The van der Waals surface area contributed by atoms with Gasteiger partial charge in [-0.15, -0.1) is 0 Å². The van der Waals surface area contributed by atoms with E-state index in [0.29, 0.717) is 19.7 Å². The van der Waals surface area contributed by atoms with E-state index in [4.69, 9.17) is 4.74 Å². The molecule has 1 aromatic carbocycles. The number of anilines is 1. The molecule has 1 aliphatic heterocycles. The van der Waals surface area contributed by atoms with Crippen LogP contribution in [-0.2, 0) is 11.3 Å². The Labute approximate surface area is 160 Å². The molecule has 3 rings (SSSR count). The molecule has 0 saturated carbocycles. The molecule has 144 valence electrons. The molecule has 0 aliphatic carbocycles. The number of nitrogens with zero attached hydrogens (tertiary/aromatic N) is 5. The lowest BCUT2D eigenvalue weighted by Gasteiger charge is -2.35. The molecule has 27 heavy (non-hydrogen) atoms. The van der Waals surface area contributed by atoms with E-state index in [1.165, 1.54) is 0 Å². The lowest BCUT2D eigenvalue weighted by atomic mass is 10.2. The number of ether oxygens (including phenoxy) is 1. The van der Waals surface area contributed by atoms with E-state index in [2.05, 4.69) is 19.8 Å². The smallest absolute Gasteiger partial charge is 0.236 e. The van der Waals surface area contributed by atoms with Crippen LogP contribution in [0.2, 0.25) is 0 Å². The van der Waals surface area contributed by atoms with Crippen molar-refractivity contribution in [3.05, 3.63) is 48.4 Å². The molecule has 2 heterocycles. The number of rotatable bonds is 7. The van der Waals surface area contributed by atoms with Gasteiger partial charge in [0, 0.05) is 52.2 Å². The molecule has 7 heteroatoms. The van der Waals surface area contributed by atoms with Crippen LogP contribution in [0.5, 0.6) is 5.75 Å². The first-order valence-electron chi connectivity index (χ1n) is 9.34. The fraction of sp³-hybridized carbons (Fsp3) is 0.450. The Hall–Kier alpha value is -2.67. The van der Waals surface area contributed by atoms with Gasteiger partial charge in [0.1, 0.15) is 11.6 Å². The highest BCUT2D eigenvalue weighted by molar-refractivity contribution is 5.78. The number of hydrogen-bond donors (Lipinski definition) is 0. The van der Waals surface area contributed by atoms with Crippen LogP contribution in [0.3, 0.4) is 0 Å². The summed E-state index contributed by atoms with van der Waals surface area (Å²) < 4.78 is 5.45. The molecule has 1 fully saturated rings. The van der Waals surface area contributed by atoms with Crippen LogP contribution < -0.4 is 9.64 Å². The first kappa shape index (κ1) is 19.1. The number of likely N-dealkylation sites (N-methyl/N-ethyl adjacent to an activating group) is 1. The average molecular weight is 369 g/mol. The molecular formula is C20H27N5O2. The molecule has 0 N–H and O–H groups in total. The Morgan fingerprint density at radius 1 is 1.15 bits per heavy atom. The molecule has 1 amide bonds. The minimum Gasteiger partial charge on any atom is -0.494 e. The van der Waals surface area contributed by atoms with Crippen molar-refractivity contribution < 1.29 is 9.53 Å². The number of carbonyl (C=O) groups excluding carboxylic acids is 1. The van der Waals surface area contributed by atoms with Gasteiger partial charge in [0.2, 0.25) is 5.91 Å². The maximum Gasteiger partial charge on any atom is 0.236 e. The van der Waals surface area contributed by atoms with Crippen molar-refractivity contribution in [1.82, 2.24) is 19.8 Å². The number of carbonyl (C=O) groups is 1. The Kier molecular flexibility index (Phi) is 6.59. The fourth-order valence-corrected chi connectivity index (χ4v) is 3.12. The highest BCUT2D eigenvalue weighted by Crippen LogP contribution is 2.14. The molecule has 0 atom stereocenters. The highest BCUT2D eigenvalue weighted by Gasteiger charge is 2.21. The van der Waals surface area contributed by atoms with E-state index in [-0.39, 0.29) is 5.91 Å². The lowest BCUT2D eigenvalue weighted by molar-refractivity contribution is -0.131. The summed E-state index contributed by atoms with van der Waals surface area (Å²) in [5.41, 5.74) is 1.10. The van der Waals surface area contributed by atoms with E-state index in [0.717, 1.165) is 43.3 Å². The zero-order valence-corrected chi connectivity index (χ0v) is 16.0. The van der Waals surface area contributed by atoms with Crippen molar-refractivity contribution in [1.29, 1.82) is 0 Å². The molecule has 7 nitrogen and oxygen atoms in total. The van der Waals surface area contributed by atoms with Crippen molar-refractivity contribution in [3.8, 4) is 5.75 Å². The summed E-state index contributed by atoms with van der Waals surface area (Å²) in [6.45, 7) is 7.07. The predicted octanol–water partition coefficient (Wildman–Crippen LogP) is 1.66. The summed E-state index contributed by atoms with van der Waals surface area (Å²) in [5.74, 6) is 1.89. The monoisotopic (exact) mass is 369 g/mol. The van der Waals surface area contributed by atoms with Gasteiger partial charge in [0.25, 0.3) is 0 Å². The molecule has 0 radical (unpaired) electrons. The minimum atomic E-state index is 0.136. The topological polar surface area (TPSA) is 61.8 Å². The van der Waals surface area contributed by atoms with Crippen LogP contribution in [0.15, 0.2) is 42.9 Å². The van der Waals surface area contributed by atoms with Crippen molar-refractivity contribution in [3.63, 3.8) is 0 Å². The minimum absolute atomic E-state index is 0.136. The number of piperazine rings is 1. The predicted molar refractivity (Wildman–Crippen MR) is 105 cm³/mol. The quantitative estimate of drug-likeness (QED) is 0.740. The van der Waals surface area contributed by atoms with Gasteiger partial charge in [-0.25, -0.2) is 4.98 Å². The molecular weight excluding hydrogens is 342 g/mol. The summed E-state index contributed by atoms with van der Waals surface area (Å²) in [5, 5.41) is 0. The molecule has 0 spiro atoms. The average Bonchev–Trinajstić information content (AvgIpc) is 2.71. The zero-order valence-electron chi connectivity index (χ0n) is 16.0. The van der Waals surface area contributed by atoms with E-state index in [9.17, 15) is 4.79 Å². The van der Waals surface area contributed by atoms with Crippen molar-refractivity contribution in [2.45, 2.75) is 13.5 Å². The maximum absolute atomic E-state index is 12.6. The number of hydrogen-bond acceptors (Lipinski definition) is 6. The van der Waals surface area contributed by atoms with E-state index >= 15 is 0 Å². The van der Waals surface area contributed by atoms with Crippen LogP contribution in [0.4, 0.5) is 5.82 Å². The van der Waals surface area contributed by atoms with Crippen molar-refractivity contribution >= 4 is 11.7 Å². The van der Waals surface area contributed by atoms with Gasteiger partial charge in [-0.2, -0.15) is 0 Å². The molecule has 0 bridgehead atoms. The van der Waals surface area contributed by atoms with Crippen LogP contribution >= 0.6 is 0 Å². The van der Waals surface area contributed by atoms with Gasteiger partial charge >= 0.3 is 0 Å². The maximum atomic E-state index is 12.6. The second-order valence-corrected chi connectivity index (χ2v) is 6.65. The zero-order chi connectivity index (χ0) is 19.1. The van der Waals surface area contributed by atoms with Crippen molar-refractivity contribution in [2.75, 3.05) is 51.3 Å². The fourth-order valence-electron chi connectivity index (χ4n) is 3.12. The van der Waals surface area contributed by atoms with Gasteiger partial charge in [-0.3, -0.25) is 14.7 Å². The van der Waals surface area contributed by atoms with Crippen LogP contribution in [0.25, 0.3) is 0 Å². The first-order chi connectivity index (χ1) is 13.2. The van der Waals surface area contributed by atoms with Gasteiger partial charge in [0.15, 0.2) is 0 Å². The summed E-state index contributed by atoms with van der Waals surface area (Å²) in [6.07, 6.45) is 5.17. The number of aromatic nitrogens is 2.